The van der Waals surface area contributed by atoms with E-state index < -0.39 is 11.9 Å². The van der Waals surface area contributed by atoms with Crippen LogP contribution in [-0.2, 0) is 11.2 Å². The number of benzene rings is 2. The van der Waals surface area contributed by atoms with Gasteiger partial charge in [-0.15, -0.1) is 0 Å². The second-order valence-electron chi connectivity index (χ2n) is 4.60. The van der Waals surface area contributed by atoms with Gasteiger partial charge in [0.15, 0.2) is 0 Å². The Kier molecular flexibility index (Phi) is 5.22. The number of carboxylic acid groups (broad SMARTS) is 1. The Morgan fingerprint density at radius 1 is 1.05 bits per heavy atom. The lowest BCUT2D eigenvalue weighted by Crippen LogP contribution is -2.10. The SMILES string of the molecule is CCc1ccc(Sc2ccc(C(=O)OC)c(C(=O)O)c2)cc1. The smallest absolute Gasteiger partial charge is 0.338 e. The van der Waals surface area contributed by atoms with Gasteiger partial charge in [-0.05, 0) is 42.3 Å². The van der Waals surface area contributed by atoms with Gasteiger partial charge in [-0.3, -0.25) is 0 Å². The molecule has 114 valence electrons. The van der Waals surface area contributed by atoms with E-state index in [-0.39, 0.29) is 11.1 Å². The Morgan fingerprint density at radius 2 is 1.68 bits per heavy atom. The van der Waals surface area contributed by atoms with Crippen molar-refractivity contribution in [3.05, 3.63) is 59.2 Å². The molecule has 22 heavy (non-hydrogen) atoms. The minimum atomic E-state index is -1.15. The topological polar surface area (TPSA) is 63.6 Å². The molecular formula is C17H16O4S. The van der Waals surface area contributed by atoms with Gasteiger partial charge in [0, 0.05) is 9.79 Å². The Bertz CT molecular complexity index is 692. The maximum Gasteiger partial charge on any atom is 0.338 e. The van der Waals surface area contributed by atoms with Gasteiger partial charge in [-0.2, -0.15) is 0 Å². The second-order valence-corrected chi connectivity index (χ2v) is 5.75. The van der Waals surface area contributed by atoms with E-state index in [0.717, 1.165) is 16.2 Å². The third-order valence-electron chi connectivity index (χ3n) is 3.19. The molecule has 0 heterocycles. The van der Waals surface area contributed by atoms with Crippen molar-refractivity contribution in [1.29, 1.82) is 0 Å². The highest BCUT2D eigenvalue weighted by Crippen LogP contribution is 2.29. The Labute approximate surface area is 133 Å². The fraction of sp³-hybridized carbons (Fsp3) is 0.176. The van der Waals surface area contributed by atoms with E-state index in [1.807, 2.05) is 24.3 Å². The Morgan fingerprint density at radius 3 is 2.23 bits per heavy atom. The van der Waals surface area contributed by atoms with Crippen LogP contribution in [0.3, 0.4) is 0 Å². The van der Waals surface area contributed by atoms with Gasteiger partial charge in [-0.1, -0.05) is 30.8 Å². The molecule has 0 aliphatic carbocycles. The van der Waals surface area contributed by atoms with Crippen LogP contribution in [0.25, 0.3) is 0 Å². The number of hydrogen-bond acceptors (Lipinski definition) is 4. The van der Waals surface area contributed by atoms with E-state index in [2.05, 4.69) is 11.7 Å². The summed E-state index contributed by atoms with van der Waals surface area (Å²) in [7, 11) is 1.23. The summed E-state index contributed by atoms with van der Waals surface area (Å²) in [4.78, 5) is 24.7. The van der Waals surface area contributed by atoms with Crippen molar-refractivity contribution in [3.63, 3.8) is 0 Å². The number of carbonyl (C=O) groups excluding carboxylic acids is 1. The van der Waals surface area contributed by atoms with Gasteiger partial charge in [0.2, 0.25) is 0 Å². The van der Waals surface area contributed by atoms with Crippen molar-refractivity contribution in [1.82, 2.24) is 0 Å². The normalized spacial score (nSPS) is 10.3. The van der Waals surface area contributed by atoms with E-state index >= 15 is 0 Å². The second kappa shape index (κ2) is 7.13. The van der Waals surface area contributed by atoms with Crippen molar-refractivity contribution < 1.29 is 19.4 Å². The number of methoxy groups -OCH3 is 1. The summed E-state index contributed by atoms with van der Waals surface area (Å²) < 4.78 is 4.60. The van der Waals surface area contributed by atoms with E-state index in [1.165, 1.54) is 36.6 Å². The van der Waals surface area contributed by atoms with Crippen molar-refractivity contribution in [2.45, 2.75) is 23.1 Å². The van der Waals surface area contributed by atoms with Crippen molar-refractivity contribution in [2.24, 2.45) is 0 Å². The lowest BCUT2D eigenvalue weighted by atomic mass is 10.1. The molecule has 5 heteroatoms. The highest BCUT2D eigenvalue weighted by atomic mass is 32.2. The predicted molar refractivity (Wildman–Crippen MR) is 84.7 cm³/mol. The minimum absolute atomic E-state index is 0.0537. The van der Waals surface area contributed by atoms with Crippen molar-refractivity contribution in [2.75, 3.05) is 7.11 Å². The van der Waals surface area contributed by atoms with Crippen LogP contribution in [0.2, 0.25) is 0 Å². The van der Waals surface area contributed by atoms with E-state index in [4.69, 9.17) is 0 Å². The van der Waals surface area contributed by atoms with Gasteiger partial charge in [-0.25, -0.2) is 9.59 Å². The van der Waals surface area contributed by atoms with Crippen LogP contribution < -0.4 is 0 Å². The summed E-state index contributed by atoms with van der Waals surface area (Å²) in [5, 5.41) is 9.25. The molecule has 0 radical (unpaired) electrons. The van der Waals surface area contributed by atoms with Crippen LogP contribution in [0.1, 0.15) is 33.2 Å². The summed E-state index contributed by atoms with van der Waals surface area (Å²) in [6, 6.07) is 12.8. The first kappa shape index (κ1) is 16.1. The zero-order valence-corrected chi connectivity index (χ0v) is 13.1. The number of ether oxygens (including phenoxy) is 1. The third-order valence-corrected chi connectivity index (χ3v) is 4.19. The van der Waals surface area contributed by atoms with Crippen LogP contribution >= 0.6 is 11.8 Å². The number of carbonyl (C=O) groups is 2. The molecule has 0 saturated carbocycles. The maximum absolute atomic E-state index is 11.6. The standard InChI is InChI=1S/C17H16O4S/c1-3-11-4-6-12(7-5-11)22-13-8-9-14(17(20)21-2)15(10-13)16(18)19/h4-10H,3H2,1-2H3,(H,18,19). The number of rotatable bonds is 5. The first-order valence-electron chi connectivity index (χ1n) is 6.77. The van der Waals surface area contributed by atoms with E-state index in [0.29, 0.717) is 0 Å². The molecule has 0 spiro atoms. The average molecular weight is 316 g/mol. The molecule has 2 aromatic carbocycles. The predicted octanol–water partition coefficient (Wildman–Crippen LogP) is 3.89. The van der Waals surface area contributed by atoms with Gasteiger partial charge < -0.3 is 9.84 Å². The summed E-state index contributed by atoms with van der Waals surface area (Å²) in [6.07, 6.45) is 0.974. The van der Waals surface area contributed by atoms with Gasteiger partial charge in [0.05, 0.1) is 18.2 Å². The zero-order valence-electron chi connectivity index (χ0n) is 12.3. The lowest BCUT2D eigenvalue weighted by Gasteiger charge is -2.08. The molecule has 0 amide bonds. The molecule has 0 atom stereocenters. The molecule has 0 unspecified atom stereocenters. The first-order chi connectivity index (χ1) is 10.5. The van der Waals surface area contributed by atoms with Gasteiger partial charge >= 0.3 is 11.9 Å². The van der Waals surface area contributed by atoms with Crippen LogP contribution in [0.4, 0.5) is 0 Å². The number of carboxylic acids is 1. The summed E-state index contributed by atoms with van der Waals surface area (Å²) >= 11 is 1.45. The third kappa shape index (κ3) is 3.68. The Balaban J connectivity index is 2.29. The van der Waals surface area contributed by atoms with Crippen LogP contribution in [0.5, 0.6) is 0 Å². The molecule has 0 aliphatic heterocycles. The highest BCUT2D eigenvalue weighted by Gasteiger charge is 2.17. The number of esters is 1. The molecule has 2 rings (SSSR count). The first-order valence-corrected chi connectivity index (χ1v) is 7.59. The number of hydrogen-bond donors (Lipinski definition) is 1. The van der Waals surface area contributed by atoms with Crippen LogP contribution in [-0.4, -0.2) is 24.2 Å². The number of aryl methyl sites for hydroxylation is 1. The minimum Gasteiger partial charge on any atom is -0.478 e. The Hall–Kier alpha value is -2.27. The van der Waals surface area contributed by atoms with E-state index in [9.17, 15) is 14.7 Å². The summed E-state index contributed by atoms with van der Waals surface area (Å²) in [5.41, 5.74) is 1.25. The van der Waals surface area contributed by atoms with Gasteiger partial charge in [0.25, 0.3) is 0 Å². The molecular weight excluding hydrogens is 300 g/mol. The molecule has 0 bridgehead atoms. The monoisotopic (exact) mass is 316 g/mol. The number of aromatic carboxylic acids is 1. The molecule has 1 N–H and O–H groups in total. The van der Waals surface area contributed by atoms with Crippen LogP contribution in [0.15, 0.2) is 52.3 Å². The lowest BCUT2D eigenvalue weighted by molar-refractivity contribution is 0.0582. The fourth-order valence-corrected chi connectivity index (χ4v) is 2.84. The molecule has 0 aromatic heterocycles. The largest absolute Gasteiger partial charge is 0.478 e. The molecule has 0 aliphatic rings. The highest BCUT2D eigenvalue weighted by molar-refractivity contribution is 7.99. The molecule has 4 nitrogen and oxygen atoms in total. The van der Waals surface area contributed by atoms with Crippen molar-refractivity contribution >= 4 is 23.7 Å². The molecule has 2 aromatic rings. The summed E-state index contributed by atoms with van der Waals surface area (Å²) in [5.74, 6) is -1.80. The molecule has 0 fully saturated rings. The fourth-order valence-electron chi connectivity index (χ4n) is 1.98. The maximum atomic E-state index is 11.6. The molecule has 0 saturated heterocycles. The zero-order chi connectivity index (χ0) is 16.1. The average Bonchev–Trinajstić information content (AvgIpc) is 2.54. The quantitative estimate of drug-likeness (QED) is 0.848. The summed E-state index contributed by atoms with van der Waals surface area (Å²) in [6.45, 7) is 2.09. The van der Waals surface area contributed by atoms with Gasteiger partial charge in [0.1, 0.15) is 0 Å². The van der Waals surface area contributed by atoms with E-state index in [1.54, 1.807) is 6.07 Å². The van der Waals surface area contributed by atoms with Crippen LogP contribution in [0, 0.1) is 0 Å². The van der Waals surface area contributed by atoms with Crippen molar-refractivity contribution in [3.8, 4) is 0 Å².